The van der Waals surface area contributed by atoms with Gasteiger partial charge in [-0.1, -0.05) is 15.9 Å². The summed E-state index contributed by atoms with van der Waals surface area (Å²) in [5, 5.41) is 10.7. The lowest BCUT2D eigenvalue weighted by molar-refractivity contribution is 0.0451. The number of rotatable bonds is 4. The molecule has 1 aromatic rings. The average molecular weight is 364 g/mol. The molecule has 5 nitrogen and oxygen atoms in total. The molecule has 3 N–H and O–H groups in total. The molecule has 2 rings (SSSR count). The lowest BCUT2D eigenvalue weighted by atomic mass is 9.78. The molecule has 20 heavy (non-hydrogen) atoms. The molecule has 112 valence electrons. The van der Waals surface area contributed by atoms with Crippen molar-refractivity contribution in [3.8, 4) is 5.75 Å². The molecule has 0 spiro atoms. The lowest BCUT2D eigenvalue weighted by Gasteiger charge is -2.32. The molecule has 1 aliphatic heterocycles. The van der Waals surface area contributed by atoms with Gasteiger partial charge in [-0.15, -0.1) is 0 Å². The van der Waals surface area contributed by atoms with Crippen LogP contribution in [0.4, 0.5) is 0 Å². The van der Waals surface area contributed by atoms with Gasteiger partial charge in [0.2, 0.25) is 0 Å². The van der Waals surface area contributed by atoms with Crippen LogP contribution in [-0.4, -0.2) is 38.7 Å². The zero-order valence-electron chi connectivity index (χ0n) is 11.2. The number of ether oxygens (including phenoxy) is 1. The van der Waals surface area contributed by atoms with E-state index in [-0.39, 0.29) is 18.1 Å². The summed E-state index contributed by atoms with van der Waals surface area (Å²) in [7, 11) is -1.63. The van der Waals surface area contributed by atoms with Gasteiger partial charge in [0.05, 0.1) is 24.7 Å². The molecule has 0 aliphatic carbocycles. The molecule has 1 fully saturated rings. The number of methoxy groups -OCH3 is 1. The van der Waals surface area contributed by atoms with Gasteiger partial charge in [-0.25, -0.2) is 8.42 Å². The molecule has 1 aromatic carbocycles. The van der Waals surface area contributed by atoms with Crippen LogP contribution in [0.1, 0.15) is 18.1 Å². The molecule has 0 radical (unpaired) electrons. The number of hydrogen-bond donors (Lipinski definition) is 2. The summed E-state index contributed by atoms with van der Waals surface area (Å²) in [5.41, 5.74) is 5.50. The van der Waals surface area contributed by atoms with Gasteiger partial charge in [0.1, 0.15) is 5.75 Å². The maximum absolute atomic E-state index is 11.8. The number of aliphatic hydroxyl groups is 1. The van der Waals surface area contributed by atoms with E-state index in [2.05, 4.69) is 15.9 Å². The quantitative estimate of drug-likeness (QED) is 0.840. The van der Waals surface area contributed by atoms with E-state index in [0.29, 0.717) is 17.7 Å². The molecule has 2 unspecified atom stereocenters. The summed E-state index contributed by atoms with van der Waals surface area (Å²) in [4.78, 5) is 0. The van der Waals surface area contributed by atoms with Crippen molar-refractivity contribution >= 4 is 25.8 Å². The highest BCUT2D eigenvalue weighted by molar-refractivity contribution is 9.10. The number of halogens is 1. The third-order valence-corrected chi connectivity index (χ3v) is 6.23. The van der Waals surface area contributed by atoms with E-state index < -0.39 is 21.4 Å². The second kappa shape index (κ2) is 5.63. The molecule has 0 amide bonds. The predicted molar refractivity (Wildman–Crippen MR) is 80.4 cm³/mol. The molecular formula is C13H18BrNO4S. The van der Waals surface area contributed by atoms with Gasteiger partial charge in [0.15, 0.2) is 9.84 Å². The van der Waals surface area contributed by atoms with Crippen LogP contribution in [0, 0.1) is 5.41 Å². The van der Waals surface area contributed by atoms with Crippen LogP contribution < -0.4 is 10.5 Å². The predicted octanol–water partition coefficient (Wildman–Crippen LogP) is 1.25. The van der Waals surface area contributed by atoms with Crippen molar-refractivity contribution in [2.45, 2.75) is 12.5 Å². The fraction of sp³-hybridized carbons (Fsp3) is 0.538. The monoisotopic (exact) mass is 363 g/mol. The molecule has 1 saturated heterocycles. The number of aliphatic hydroxyl groups excluding tert-OH is 1. The standard InChI is InChI=1S/C13H18BrNO4S/c1-19-11-3-2-9(14)6-10(11)12(16)13(7-15)4-5-20(17,18)8-13/h2-3,6,12,16H,4-5,7-8,15H2,1H3. The summed E-state index contributed by atoms with van der Waals surface area (Å²) >= 11 is 3.35. The van der Waals surface area contributed by atoms with Gasteiger partial charge >= 0.3 is 0 Å². The van der Waals surface area contributed by atoms with Crippen molar-refractivity contribution in [2.75, 3.05) is 25.2 Å². The van der Waals surface area contributed by atoms with E-state index in [4.69, 9.17) is 10.5 Å². The zero-order chi connectivity index (χ0) is 15.0. The Kier molecular flexibility index (Phi) is 4.44. The fourth-order valence-electron chi connectivity index (χ4n) is 2.68. The van der Waals surface area contributed by atoms with E-state index in [0.717, 1.165) is 4.47 Å². The van der Waals surface area contributed by atoms with Gasteiger partial charge in [-0.05, 0) is 24.6 Å². The van der Waals surface area contributed by atoms with E-state index >= 15 is 0 Å². The van der Waals surface area contributed by atoms with E-state index in [9.17, 15) is 13.5 Å². The van der Waals surface area contributed by atoms with Crippen LogP contribution in [0.15, 0.2) is 22.7 Å². The summed E-state index contributed by atoms with van der Waals surface area (Å²) in [6.07, 6.45) is -0.611. The Hall–Kier alpha value is -0.630. The summed E-state index contributed by atoms with van der Waals surface area (Å²) < 4.78 is 29.6. The Morgan fingerprint density at radius 2 is 2.25 bits per heavy atom. The van der Waals surface area contributed by atoms with Crippen molar-refractivity contribution in [1.82, 2.24) is 0 Å². The SMILES string of the molecule is COc1ccc(Br)cc1C(O)C1(CN)CCS(=O)(=O)C1. The van der Waals surface area contributed by atoms with Gasteiger partial charge < -0.3 is 15.6 Å². The van der Waals surface area contributed by atoms with Gasteiger partial charge in [-0.3, -0.25) is 0 Å². The Balaban J connectivity index is 2.44. The fourth-order valence-corrected chi connectivity index (χ4v) is 5.21. The van der Waals surface area contributed by atoms with Crippen LogP contribution in [0.2, 0.25) is 0 Å². The number of benzene rings is 1. The van der Waals surface area contributed by atoms with Crippen LogP contribution in [-0.2, 0) is 9.84 Å². The molecule has 1 heterocycles. The van der Waals surface area contributed by atoms with Crippen molar-refractivity contribution < 1.29 is 18.3 Å². The maximum atomic E-state index is 11.8. The number of hydrogen-bond acceptors (Lipinski definition) is 5. The van der Waals surface area contributed by atoms with Crippen molar-refractivity contribution in [1.29, 1.82) is 0 Å². The third kappa shape index (κ3) is 2.86. The largest absolute Gasteiger partial charge is 0.496 e. The first kappa shape index (κ1) is 15.8. The first-order valence-electron chi connectivity index (χ1n) is 6.25. The Bertz CT molecular complexity index is 604. The minimum Gasteiger partial charge on any atom is -0.496 e. The minimum absolute atomic E-state index is 0.0670. The summed E-state index contributed by atoms with van der Waals surface area (Å²) in [5.74, 6) is 0.503. The molecule has 1 aliphatic rings. The second-order valence-corrected chi connectivity index (χ2v) is 8.30. The maximum Gasteiger partial charge on any atom is 0.151 e. The third-order valence-electron chi connectivity index (χ3n) is 3.89. The highest BCUT2D eigenvalue weighted by Gasteiger charge is 2.47. The van der Waals surface area contributed by atoms with E-state index in [1.54, 1.807) is 18.2 Å². The summed E-state index contributed by atoms with van der Waals surface area (Å²) in [6, 6.07) is 5.28. The number of sulfone groups is 1. The minimum atomic E-state index is -3.14. The van der Waals surface area contributed by atoms with Crippen LogP contribution in [0.3, 0.4) is 0 Å². The van der Waals surface area contributed by atoms with Gasteiger partial charge in [0, 0.05) is 22.0 Å². The zero-order valence-corrected chi connectivity index (χ0v) is 13.6. The molecule has 0 saturated carbocycles. The van der Waals surface area contributed by atoms with Crippen LogP contribution >= 0.6 is 15.9 Å². The Labute approximate surface area is 127 Å². The topological polar surface area (TPSA) is 89.6 Å². The van der Waals surface area contributed by atoms with Crippen molar-refractivity contribution in [3.05, 3.63) is 28.2 Å². The average Bonchev–Trinajstić information content (AvgIpc) is 2.74. The second-order valence-electron chi connectivity index (χ2n) is 5.20. The van der Waals surface area contributed by atoms with E-state index in [1.165, 1.54) is 7.11 Å². The molecule has 0 aromatic heterocycles. The Morgan fingerprint density at radius 1 is 1.55 bits per heavy atom. The van der Waals surface area contributed by atoms with Crippen LogP contribution in [0.25, 0.3) is 0 Å². The van der Waals surface area contributed by atoms with Gasteiger partial charge in [-0.2, -0.15) is 0 Å². The van der Waals surface area contributed by atoms with Gasteiger partial charge in [0.25, 0.3) is 0 Å². The summed E-state index contributed by atoms with van der Waals surface area (Å²) in [6.45, 7) is 0.114. The first-order valence-corrected chi connectivity index (χ1v) is 8.87. The van der Waals surface area contributed by atoms with Crippen molar-refractivity contribution in [2.24, 2.45) is 11.1 Å². The highest BCUT2D eigenvalue weighted by atomic mass is 79.9. The normalized spacial score (nSPS) is 26.4. The molecule has 7 heteroatoms. The molecule has 2 atom stereocenters. The smallest absolute Gasteiger partial charge is 0.151 e. The molecule has 0 bridgehead atoms. The first-order chi connectivity index (χ1) is 9.33. The highest BCUT2D eigenvalue weighted by Crippen LogP contribution is 2.45. The number of nitrogens with two attached hydrogens (primary N) is 1. The molecular weight excluding hydrogens is 346 g/mol. The lowest BCUT2D eigenvalue weighted by Crippen LogP contribution is -2.38. The Morgan fingerprint density at radius 3 is 2.75 bits per heavy atom. The van der Waals surface area contributed by atoms with E-state index in [1.807, 2.05) is 0 Å². The van der Waals surface area contributed by atoms with Crippen molar-refractivity contribution in [3.63, 3.8) is 0 Å². The van der Waals surface area contributed by atoms with Crippen LogP contribution in [0.5, 0.6) is 5.75 Å².